The molecule has 0 aliphatic carbocycles. The highest BCUT2D eigenvalue weighted by Gasteiger charge is 2.33. The van der Waals surface area contributed by atoms with Crippen molar-refractivity contribution < 1.29 is 9.90 Å². The fourth-order valence-corrected chi connectivity index (χ4v) is 5.28. The fourth-order valence-electron chi connectivity index (χ4n) is 3.64. The topological polar surface area (TPSA) is 74.0 Å². The number of thiazole rings is 1. The summed E-state index contributed by atoms with van der Waals surface area (Å²) in [6.45, 7) is 6.13. The van der Waals surface area contributed by atoms with Crippen LogP contribution in [0.3, 0.4) is 0 Å². The van der Waals surface area contributed by atoms with Gasteiger partial charge in [0.15, 0.2) is 5.82 Å². The lowest BCUT2D eigenvalue weighted by Crippen LogP contribution is -2.49. The quantitative estimate of drug-likeness (QED) is 0.652. The molecule has 0 unspecified atom stereocenters. The summed E-state index contributed by atoms with van der Waals surface area (Å²) in [5, 5.41) is 16.4. The number of aryl methyl sites for hydroxylation is 1. The first-order chi connectivity index (χ1) is 13.9. The molecular formula is C19H21Cl2N5O2S. The van der Waals surface area contributed by atoms with Gasteiger partial charge in [0.2, 0.25) is 16.7 Å². The highest BCUT2D eigenvalue weighted by molar-refractivity contribution is 7.17. The molecule has 154 valence electrons. The summed E-state index contributed by atoms with van der Waals surface area (Å²) in [7, 11) is 0. The van der Waals surface area contributed by atoms with Gasteiger partial charge in [0.25, 0.3) is 0 Å². The number of fused-ring (bicyclic) bond motifs is 1. The molecule has 3 aromatic rings. The van der Waals surface area contributed by atoms with Crippen molar-refractivity contribution in [3.05, 3.63) is 44.5 Å². The van der Waals surface area contributed by atoms with Crippen LogP contribution in [0.2, 0.25) is 10.0 Å². The molecule has 0 radical (unpaired) electrons. The van der Waals surface area contributed by atoms with Crippen molar-refractivity contribution in [3.63, 3.8) is 0 Å². The van der Waals surface area contributed by atoms with Gasteiger partial charge in [-0.05, 0) is 17.7 Å². The van der Waals surface area contributed by atoms with E-state index in [9.17, 15) is 9.90 Å². The average Bonchev–Trinajstić information content (AvgIpc) is 3.23. The lowest BCUT2D eigenvalue weighted by Gasteiger charge is -2.39. The van der Waals surface area contributed by atoms with E-state index < -0.39 is 0 Å². The molecule has 1 aromatic carbocycles. The van der Waals surface area contributed by atoms with Crippen LogP contribution < -0.4 is 0 Å². The summed E-state index contributed by atoms with van der Waals surface area (Å²) in [6.07, 6.45) is 0.697. The molecule has 7 nitrogen and oxygen atoms in total. The first-order valence-corrected chi connectivity index (χ1v) is 11.0. The molecule has 1 aliphatic heterocycles. The van der Waals surface area contributed by atoms with Crippen LogP contribution >= 0.6 is 34.5 Å². The summed E-state index contributed by atoms with van der Waals surface area (Å²) in [5.74, 6) is 0.830. The van der Waals surface area contributed by atoms with E-state index in [1.807, 2.05) is 17.9 Å². The highest BCUT2D eigenvalue weighted by Crippen LogP contribution is 2.42. The molecule has 4 rings (SSSR count). The molecule has 3 heterocycles. The number of halogens is 2. The van der Waals surface area contributed by atoms with E-state index in [-0.39, 0.29) is 17.8 Å². The van der Waals surface area contributed by atoms with Gasteiger partial charge >= 0.3 is 0 Å². The maximum absolute atomic E-state index is 11.7. The lowest BCUT2D eigenvalue weighted by atomic mass is 10.0. The van der Waals surface area contributed by atoms with Crippen LogP contribution in [-0.4, -0.2) is 61.6 Å². The van der Waals surface area contributed by atoms with Gasteiger partial charge in [-0.25, -0.2) is 4.98 Å². The number of rotatable bonds is 4. The normalized spacial score (nSPS) is 16.5. The van der Waals surface area contributed by atoms with Crippen molar-refractivity contribution in [3.8, 4) is 5.88 Å². The van der Waals surface area contributed by atoms with E-state index in [4.69, 9.17) is 23.2 Å². The van der Waals surface area contributed by atoms with Crippen LogP contribution in [0.4, 0.5) is 0 Å². The minimum absolute atomic E-state index is 0.0689. The smallest absolute Gasteiger partial charge is 0.230 e. The Bertz CT molecular complexity index is 1060. The van der Waals surface area contributed by atoms with Crippen molar-refractivity contribution in [2.45, 2.75) is 26.3 Å². The average molecular weight is 454 g/mol. The Morgan fingerprint density at radius 3 is 2.59 bits per heavy atom. The molecule has 1 amide bonds. The number of aromatic hydroxyl groups is 1. The summed E-state index contributed by atoms with van der Waals surface area (Å²) in [4.78, 5) is 21.6. The third-order valence-electron chi connectivity index (χ3n) is 5.19. The summed E-state index contributed by atoms with van der Waals surface area (Å²) < 4.78 is 1.49. The number of carbonyl (C=O) groups excluding carboxylic acids is 1. The van der Waals surface area contributed by atoms with Crippen molar-refractivity contribution in [1.82, 2.24) is 24.4 Å². The number of amides is 1. The molecule has 1 atom stereocenters. The van der Waals surface area contributed by atoms with Gasteiger partial charge in [-0.3, -0.25) is 9.69 Å². The SMILES string of the molecule is CCc1nc2sc([C@@H](c3ccc(Cl)cc3Cl)N3CCN(C(C)=O)CC3)c(O)n2n1. The number of piperazine rings is 1. The molecule has 29 heavy (non-hydrogen) atoms. The van der Waals surface area contributed by atoms with Crippen molar-refractivity contribution in [2.24, 2.45) is 0 Å². The number of aromatic nitrogens is 3. The molecule has 0 spiro atoms. The van der Waals surface area contributed by atoms with E-state index in [1.54, 1.807) is 19.1 Å². The molecule has 1 fully saturated rings. The van der Waals surface area contributed by atoms with Crippen molar-refractivity contribution >= 4 is 45.4 Å². The van der Waals surface area contributed by atoms with Gasteiger partial charge in [0.05, 0.1) is 10.9 Å². The predicted octanol–water partition coefficient (Wildman–Crippen LogP) is 3.62. The molecular weight excluding hydrogens is 433 g/mol. The second-order valence-electron chi connectivity index (χ2n) is 6.98. The Hall–Kier alpha value is -1.87. The van der Waals surface area contributed by atoms with E-state index in [2.05, 4.69) is 15.0 Å². The summed E-state index contributed by atoms with van der Waals surface area (Å²) >= 11 is 14.1. The minimum Gasteiger partial charge on any atom is -0.492 e. The molecule has 0 saturated carbocycles. The largest absolute Gasteiger partial charge is 0.492 e. The molecule has 1 N–H and O–H groups in total. The Morgan fingerprint density at radius 1 is 1.28 bits per heavy atom. The van der Waals surface area contributed by atoms with Crippen LogP contribution in [0.1, 0.15) is 36.2 Å². The van der Waals surface area contributed by atoms with E-state index in [1.165, 1.54) is 15.9 Å². The van der Waals surface area contributed by atoms with Crippen LogP contribution in [0, 0.1) is 0 Å². The fraction of sp³-hybridized carbons (Fsp3) is 0.421. The lowest BCUT2D eigenvalue weighted by molar-refractivity contribution is -0.130. The van der Waals surface area contributed by atoms with Crippen LogP contribution in [0.5, 0.6) is 5.88 Å². The van der Waals surface area contributed by atoms with Gasteiger partial charge in [0.1, 0.15) is 0 Å². The third kappa shape index (κ3) is 3.82. The van der Waals surface area contributed by atoms with Crippen molar-refractivity contribution in [1.29, 1.82) is 0 Å². The maximum Gasteiger partial charge on any atom is 0.230 e. The number of nitrogens with zero attached hydrogens (tertiary/aromatic N) is 5. The number of hydrogen-bond acceptors (Lipinski definition) is 6. The van der Waals surface area contributed by atoms with Crippen molar-refractivity contribution in [2.75, 3.05) is 26.2 Å². The first kappa shape index (κ1) is 20.4. The Labute approximate surface area is 182 Å². The summed E-state index contributed by atoms with van der Waals surface area (Å²) in [6, 6.07) is 5.11. The Kier molecular flexibility index (Phi) is 5.70. The predicted molar refractivity (Wildman–Crippen MR) is 114 cm³/mol. The van der Waals surface area contributed by atoms with E-state index >= 15 is 0 Å². The monoisotopic (exact) mass is 453 g/mol. The van der Waals surface area contributed by atoms with Crippen LogP contribution in [0.15, 0.2) is 18.2 Å². The molecule has 0 bridgehead atoms. The van der Waals surface area contributed by atoms with E-state index in [0.29, 0.717) is 53.4 Å². The number of hydrogen-bond donors (Lipinski definition) is 1. The Morgan fingerprint density at radius 2 is 2.00 bits per heavy atom. The van der Waals surface area contributed by atoms with Gasteiger partial charge in [-0.15, -0.1) is 5.10 Å². The Balaban J connectivity index is 1.77. The van der Waals surface area contributed by atoms with Gasteiger partial charge in [0, 0.05) is 49.6 Å². The zero-order valence-electron chi connectivity index (χ0n) is 16.1. The van der Waals surface area contributed by atoms with Crippen LogP contribution in [0.25, 0.3) is 4.96 Å². The zero-order valence-corrected chi connectivity index (χ0v) is 18.4. The molecule has 1 saturated heterocycles. The number of benzene rings is 1. The van der Waals surface area contributed by atoms with E-state index in [0.717, 1.165) is 10.4 Å². The zero-order chi connectivity index (χ0) is 20.7. The second-order valence-corrected chi connectivity index (χ2v) is 8.83. The standard InChI is InChI=1S/C19H21Cl2N5O2S/c1-3-15-22-19-26(23-15)18(28)17(29-19)16(13-5-4-12(20)10-14(13)21)25-8-6-24(7-9-25)11(2)27/h4-5,10,16,28H,3,6-9H2,1-2H3/t16-/m1/s1. The molecule has 1 aliphatic rings. The minimum atomic E-state index is -0.285. The molecule has 10 heteroatoms. The maximum atomic E-state index is 11.7. The third-order valence-corrected chi connectivity index (χ3v) is 6.82. The van der Waals surface area contributed by atoms with Gasteiger partial charge in [-0.2, -0.15) is 4.52 Å². The van der Waals surface area contributed by atoms with Crippen LogP contribution in [-0.2, 0) is 11.2 Å². The molecule has 2 aromatic heterocycles. The summed E-state index contributed by atoms with van der Waals surface area (Å²) in [5.41, 5.74) is 0.850. The second kappa shape index (κ2) is 8.10. The van der Waals surface area contributed by atoms with Gasteiger partial charge in [-0.1, -0.05) is 47.5 Å². The first-order valence-electron chi connectivity index (χ1n) is 9.40. The van der Waals surface area contributed by atoms with Gasteiger partial charge < -0.3 is 10.0 Å². The number of carbonyl (C=O) groups is 1. The highest BCUT2D eigenvalue weighted by atomic mass is 35.5.